The van der Waals surface area contributed by atoms with E-state index in [1.54, 1.807) is 13.8 Å². The molecule has 1 aromatic heterocycles. The van der Waals surface area contributed by atoms with Gasteiger partial charge in [0.2, 0.25) is 0 Å². The van der Waals surface area contributed by atoms with Crippen LogP contribution in [0.1, 0.15) is 35.5 Å². The van der Waals surface area contributed by atoms with E-state index in [1.165, 1.54) is 41.4 Å². The summed E-state index contributed by atoms with van der Waals surface area (Å²) in [6.45, 7) is 4.04. The number of imidazole rings is 1. The molecule has 1 aliphatic rings. The smallest absolute Gasteiger partial charge is 0.348 e. The van der Waals surface area contributed by atoms with E-state index in [9.17, 15) is 31.1 Å². The normalized spacial score (nSPS) is 17.8. The van der Waals surface area contributed by atoms with Gasteiger partial charge in [0.05, 0.1) is 30.3 Å². The first-order chi connectivity index (χ1) is 16.7. The fourth-order valence-electron chi connectivity index (χ4n) is 3.77. The third-order valence-electron chi connectivity index (χ3n) is 5.50. The second-order valence-electron chi connectivity index (χ2n) is 8.65. The summed E-state index contributed by atoms with van der Waals surface area (Å²) in [4.78, 5) is 16.7. The van der Waals surface area contributed by atoms with Gasteiger partial charge in [0.1, 0.15) is 11.8 Å². The molecule has 1 unspecified atom stereocenters. The van der Waals surface area contributed by atoms with E-state index in [-0.39, 0.29) is 35.5 Å². The fourth-order valence-corrected chi connectivity index (χ4v) is 3.77. The number of hydrogen-bond acceptors (Lipinski definition) is 4. The first-order valence-electron chi connectivity index (χ1n) is 10.8. The van der Waals surface area contributed by atoms with E-state index < -0.39 is 35.2 Å². The Kier molecular flexibility index (Phi) is 6.60. The number of aromatic nitrogens is 2. The van der Waals surface area contributed by atoms with Gasteiger partial charge >= 0.3 is 12.4 Å². The molecule has 1 fully saturated rings. The summed E-state index contributed by atoms with van der Waals surface area (Å²) in [5, 5.41) is 2.74. The Bertz CT molecular complexity index is 1220. The molecule has 0 bridgehead atoms. The van der Waals surface area contributed by atoms with Crippen molar-refractivity contribution in [3.8, 4) is 16.8 Å². The van der Waals surface area contributed by atoms with E-state index in [1.807, 2.05) is 0 Å². The van der Waals surface area contributed by atoms with Crippen LogP contribution in [-0.2, 0) is 21.8 Å². The summed E-state index contributed by atoms with van der Waals surface area (Å²) in [7, 11) is 0. The van der Waals surface area contributed by atoms with Gasteiger partial charge in [-0.1, -0.05) is 12.1 Å². The number of carbonyl (C=O) groups is 1. The van der Waals surface area contributed by atoms with E-state index in [4.69, 9.17) is 9.47 Å². The van der Waals surface area contributed by atoms with Crippen molar-refractivity contribution in [2.75, 3.05) is 13.2 Å². The fraction of sp³-hybridized carbons (Fsp3) is 0.333. The third-order valence-corrected chi connectivity index (χ3v) is 5.50. The number of nitrogens with one attached hydrogen (secondary N) is 1. The highest BCUT2D eigenvalue weighted by Gasteiger charge is 2.37. The first kappa shape index (κ1) is 25.7. The number of nitrogens with zero attached hydrogens (tertiary/aromatic N) is 2. The standard InChI is InChI=1S/C24H21F6N3O3/c1-22(2)35-12-19(36-22)10-32-21(34)20-11-31-13-33(20)18-5-3-14(4-6-18)15-7-16(23(25,26)27)9-17(8-15)24(28,29)30/h3-9,11,13,19H,10,12H2,1-2H3,(H,32,34). The van der Waals surface area contributed by atoms with Crippen molar-refractivity contribution in [1.29, 1.82) is 0 Å². The number of amides is 1. The maximum absolute atomic E-state index is 13.2. The second kappa shape index (κ2) is 9.25. The highest BCUT2D eigenvalue weighted by molar-refractivity contribution is 5.93. The quantitative estimate of drug-likeness (QED) is 0.461. The maximum atomic E-state index is 13.2. The van der Waals surface area contributed by atoms with Gasteiger partial charge in [-0.3, -0.25) is 9.36 Å². The molecule has 6 nitrogen and oxygen atoms in total. The van der Waals surface area contributed by atoms with Crippen LogP contribution in [0, 0.1) is 0 Å². The van der Waals surface area contributed by atoms with Gasteiger partial charge in [-0.15, -0.1) is 0 Å². The monoisotopic (exact) mass is 513 g/mol. The molecule has 0 spiro atoms. The lowest BCUT2D eigenvalue weighted by Crippen LogP contribution is -2.35. The average molecular weight is 513 g/mol. The minimum atomic E-state index is -4.94. The zero-order valence-corrected chi connectivity index (χ0v) is 19.1. The van der Waals surface area contributed by atoms with Crippen LogP contribution < -0.4 is 5.32 Å². The molecule has 1 amide bonds. The highest BCUT2D eigenvalue weighted by atomic mass is 19.4. The molecule has 2 aromatic carbocycles. The van der Waals surface area contributed by atoms with Gasteiger partial charge < -0.3 is 14.8 Å². The lowest BCUT2D eigenvalue weighted by molar-refractivity contribution is -0.143. The number of hydrogen-bond donors (Lipinski definition) is 1. The second-order valence-corrected chi connectivity index (χ2v) is 8.65. The summed E-state index contributed by atoms with van der Waals surface area (Å²) in [5.74, 6) is -1.18. The van der Waals surface area contributed by atoms with Crippen molar-refractivity contribution < 1.29 is 40.6 Å². The van der Waals surface area contributed by atoms with Crippen LogP contribution in [0.15, 0.2) is 55.0 Å². The van der Waals surface area contributed by atoms with Crippen molar-refractivity contribution in [2.24, 2.45) is 0 Å². The largest absolute Gasteiger partial charge is 0.416 e. The molecule has 0 aliphatic carbocycles. The predicted molar refractivity (Wildman–Crippen MR) is 116 cm³/mol. The summed E-state index contributed by atoms with van der Waals surface area (Å²) >= 11 is 0. The summed E-state index contributed by atoms with van der Waals surface area (Å²) < 4.78 is 91.7. The number of benzene rings is 2. The number of rotatable bonds is 5. The van der Waals surface area contributed by atoms with Crippen LogP contribution in [0.2, 0.25) is 0 Å². The Morgan fingerprint density at radius 1 is 1.03 bits per heavy atom. The number of alkyl halides is 6. The zero-order valence-electron chi connectivity index (χ0n) is 19.1. The van der Waals surface area contributed by atoms with Crippen molar-refractivity contribution >= 4 is 5.91 Å². The summed E-state index contributed by atoms with van der Waals surface area (Å²) in [5.41, 5.74) is -2.28. The van der Waals surface area contributed by atoms with Gasteiger partial charge in [0.25, 0.3) is 5.91 Å². The van der Waals surface area contributed by atoms with E-state index in [2.05, 4.69) is 10.3 Å². The molecule has 192 valence electrons. The molecule has 0 radical (unpaired) electrons. The number of carbonyl (C=O) groups excluding carboxylic acids is 1. The molecule has 1 N–H and O–H groups in total. The van der Waals surface area contributed by atoms with Crippen LogP contribution in [0.5, 0.6) is 0 Å². The first-order valence-corrected chi connectivity index (χ1v) is 10.8. The Labute approximate surface area is 201 Å². The van der Waals surface area contributed by atoms with Gasteiger partial charge in [0.15, 0.2) is 5.79 Å². The molecule has 1 saturated heterocycles. The van der Waals surface area contributed by atoms with Gasteiger partial charge in [-0.25, -0.2) is 4.98 Å². The van der Waals surface area contributed by atoms with Crippen molar-refractivity contribution in [2.45, 2.75) is 38.1 Å². The Morgan fingerprint density at radius 2 is 1.64 bits per heavy atom. The number of ether oxygens (including phenoxy) is 2. The molecular formula is C24H21F6N3O3. The van der Waals surface area contributed by atoms with Crippen LogP contribution in [0.4, 0.5) is 26.3 Å². The van der Waals surface area contributed by atoms with Crippen LogP contribution in [0.3, 0.4) is 0 Å². The van der Waals surface area contributed by atoms with Crippen molar-refractivity contribution in [1.82, 2.24) is 14.9 Å². The lowest BCUT2D eigenvalue weighted by Gasteiger charge is -2.17. The Morgan fingerprint density at radius 3 is 2.17 bits per heavy atom. The van der Waals surface area contributed by atoms with Crippen LogP contribution in [-0.4, -0.2) is 40.5 Å². The Hall–Kier alpha value is -3.38. The topological polar surface area (TPSA) is 65.4 Å². The molecule has 36 heavy (non-hydrogen) atoms. The van der Waals surface area contributed by atoms with E-state index >= 15 is 0 Å². The molecule has 1 aliphatic heterocycles. The minimum absolute atomic E-state index is 0.0813. The molecule has 12 heteroatoms. The van der Waals surface area contributed by atoms with E-state index in [0.717, 1.165) is 0 Å². The summed E-state index contributed by atoms with van der Waals surface area (Å²) in [6, 6.07) is 7.09. The third kappa shape index (κ3) is 5.71. The molecular weight excluding hydrogens is 492 g/mol. The molecule has 3 aromatic rings. The van der Waals surface area contributed by atoms with Gasteiger partial charge in [-0.2, -0.15) is 26.3 Å². The minimum Gasteiger partial charge on any atom is -0.348 e. The highest BCUT2D eigenvalue weighted by Crippen LogP contribution is 2.38. The maximum Gasteiger partial charge on any atom is 0.416 e. The lowest BCUT2D eigenvalue weighted by atomic mass is 9.99. The van der Waals surface area contributed by atoms with Crippen molar-refractivity contribution in [3.63, 3.8) is 0 Å². The Balaban J connectivity index is 1.55. The average Bonchev–Trinajstić information content (AvgIpc) is 3.42. The van der Waals surface area contributed by atoms with Crippen LogP contribution in [0.25, 0.3) is 16.8 Å². The van der Waals surface area contributed by atoms with Gasteiger partial charge in [-0.05, 0) is 55.3 Å². The molecule has 1 atom stereocenters. The SMILES string of the molecule is CC1(C)OCC(CNC(=O)c2cncn2-c2ccc(-c3cc(C(F)(F)F)cc(C(F)(F)F)c3)cc2)O1. The van der Waals surface area contributed by atoms with Crippen molar-refractivity contribution in [3.05, 3.63) is 71.8 Å². The predicted octanol–water partition coefficient (Wildman–Crippen LogP) is 5.46. The molecule has 0 saturated carbocycles. The molecule has 2 heterocycles. The molecule has 4 rings (SSSR count). The zero-order chi connectivity index (χ0) is 26.3. The number of halogens is 6. The van der Waals surface area contributed by atoms with E-state index in [0.29, 0.717) is 24.4 Å². The van der Waals surface area contributed by atoms with Crippen LogP contribution >= 0.6 is 0 Å². The summed E-state index contributed by atoms with van der Waals surface area (Å²) in [6.07, 6.45) is -7.51. The van der Waals surface area contributed by atoms with Gasteiger partial charge in [0, 0.05) is 12.2 Å².